The highest BCUT2D eigenvalue weighted by molar-refractivity contribution is 7.54. The standard InChI is InChI=1S/C12H19O5P/c1-12(2,8-10-6-5-7-17-10)11(13)9-18(14,15-3)16-4/h5-7H,8-9H2,1-4H3. The predicted octanol–water partition coefficient (Wildman–Crippen LogP) is 2.90. The summed E-state index contributed by atoms with van der Waals surface area (Å²) in [6.07, 6.45) is 1.78. The third-order valence-corrected chi connectivity index (χ3v) is 4.63. The number of carbonyl (C=O) groups is 1. The van der Waals surface area contributed by atoms with Crippen molar-refractivity contribution in [1.29, 1.82) is 0 Å². The van der Waals surface area contributed by atoms with Crippen molar-refractivity contribution in [3.63, 3.8) is 0 Å². The lowest BCUT2D eigenvalue weighted by Gasteiger charge is -2.23. The molecule has 0 saturated carbocycles. The quantitative estimate of drug-likeness (QED) is 0.715. The average molecular weight is 274 g/mol. The lowest BCUT2D eigenvalue weighted by atomic mass is 9.84. The molecule has 0 amide bonds. The molecule has 1 heterocycles. The van der Waals surface area contributed by atoms with E-state index >= 15 is 0 Å². The fraction of sp³-hybridized carbons (Fsp3) is 0.583. The molecule has 1 aromatic rings. The minimum absolute atomic E-state index is 0.175. The van der Waals surface area contributed by atoms with Crippen LogP contribution in [0.5, 0.6) is 0 Å². The summed E-state index contributed by atoms with van der Waals surface area (Å²) in [6.45, 7) is 3.57. The van der Waals surface area contributed by atoms with Crippen molar-refractivity contribution in [2.45, 2.75) is 20.3 Å². The smallest absolute Gasteiger partial charge is 0.337 e. The Hall–Kier alpha value is -0.900. The van der Waals surface area contributed by atoms with Gasteiger partial charge in [0.25, 0.3) is 0 Å². The highest BCUT2D eigenvalue weighted by Gasteiger charge is 2.35. The van der Waals surface area contributed by atoms with Crippen LogP contribution in [-0.4, -0.2) is 26.2 Å². The Morgan fingerprint density at radius 1 is 1.39 bits per heavy atom. The van der Waals surface area contributed by atoms with E-state index in [0.717, 1.165) is 5.76 Å². The fourth-order valence-electron chi connectivity index (χ4n) is 1.54. The van der Waals surface area contributed by atoms with Gasteiger partial charge in [0.2, 0.25) is 0 Å². The minimum atomic E-state index is -3.30. The van der Waals surface area contributed by atoms with E-state index in [2.05, 4.69) is 0 Å². The maximum absolute atomic E-state index is 12.2. The summed E-state index contributed by atoms with van der Waals surface area (Å²) in [7, 11) is -0.754. The minimum Gasteiger partial charge on any atom is -0.469 e. The van der Waals surface area contributed by atoms with E-state index in [9.17, 15) is 9.36 Å². The molecular weight excluding hydrogens is 255 g/mol. The van der Waals surface area contributed by atoms with Crippen molar-refractivity contribution >= 4 is 13.4 Å². The van der Waals surface area contributed by atoms with Crippen molar-refractivity contribution in [3.8, 4) is 0 Å². The molecule has 0 aromatic carbocycles. The molecule has 0 spiro atoms. The van der Waals surface area contributed by atoms with Gasteiger partial charge < -0.3 is 13.5 Å². The van der Waals surface area contributed by atoms with Crippen molar-refractivity contribution in [3.05, 3.63) is 24.2 Å². The Morgan fingerprint density at radius 2 is 2.00 bits per heavy atom. The van der Waals surface area contributed by atoms with Crippen LogP contribution in [-0.2, 0) is 24.8 Å². The number of carbonyl (C=O) groups excluding carboxylic acids is 1. The maximum Gasteiger partial charge on any atom is 0.337 e. The molecule has 5 nitrogen and oxygen atoms in total. The van der Waals surface area contributed by atoms with E-state index < -0.39 is 13.0 Å². The first kappa shape index (κ1) is 15.2. The summed E-state index contributed by atoms with van der Waals surface area (Å²) in [5.41, 5.74) is -0.676. The highest BCUT2D eigenvalue weighted by Crippen LogP contribution is 2.47. The van der Waals surface area contributed by atoms with Crippen molar-refractivity contribution in [1.82, 2.24) is 0 Å². The number of furan rings is 1. The van der Waals surface area contributed by atoms with E-state index in [0.29, 0.717) is 6.42 Å². The molecule has 18 heavy (non-hydrogen) atoms. The Balaban J connectivity index is 2.73. The first-order valence-electron chi connectivity index (χ1n) is 5.59. The molecule has 1 aromatic heterocycles. The molecular formula is C12H19O5P. The first-order chi connectivity index (χ1) is 8.33. The summed E-state index contributed by atoms with van der Waals surface area (Å²) >= 11 is 0. The third-order valence-electron chi connectivity index (χ3n) is 2.84. The largest absolute Gasteiger partial charge is 0.469 e. The van der Waals surface area contributed by atoms with E-state index in [-0.39, 0.29) is 11.9 Å². The molecule has 0 saturated heterocycles. The van der Waals surface area contributed by atoms with Gasteiger partial charge in [-0.25, -0.2) is 0 Å². The average Bonchev–Trinajstić information content (AvgIpc) is 2.80. The lowest BCUT2D eigenvalue weighted by Crippen LogP contribution is -2.29. The fourth-order valence-corrected chi connectivity index (χ4v) is 2.73. The number of hydrogen-bond donors (Lipinski definition) is 0. The zero-order chi connectivity index (χ0) is 13.8. The predicted molar refractivity (Wildman–Crippen MR) is 67.7 cm³/mol. The second kappa shape index (κ2) is 5.83. The molecule has 102 valence electrons. The first-order valence-corrected chi connectivity index (χ1v) is 7.32. The van der Waals surface area contributed by atoms with Crippen LogP contribution in [0.15, 0.2) is 22.8 Å². The Labute approximate surface area is 107 Å². The summed E-state index contributed by atoms with van der Waals surface area (Å²) in [5.74, 6) is 0.545. The normalized spacial score (nSPS) is 12.7. The monoisotopic (exact) mass is 274 g/mol. The molecule has 0 N–H and O–H groups in total. The number of ketones is 1. The van der Waals surface area contributed by atoms with Crippen LogP contribution in [0.2, 0.25) is 0 Å². The van der Waals surface area contributed by atoms with Crippen LogP contribution in [0.3, 0.4) is 0 Å². The van der Waals surface area contributed by atoms with Gasteiger partial charge in [-0.2, -0.15) is 0 Å². The molecule has 6 heteroatoms. The topological polar surface area (TPSA) is 65.7 Å². The molecule has 0 aliphatic carbocycles. The summed E-state index contributed by atoms with van der Waals surface area (Å²) in [5, 5.41) is 0. The zero-order valence-electron chi connectivity index (χ0n) is 11.1. The Bertz CT molecular complexity index is 427. The Kier molecular flexibility index (Phi) is 4.91. The Morgan fingerprint density at radius 3 is 2.44 bits per heavy atom. The second-order valence-electron chi connectivity index (χ2n) is 4.70. The van der Waals surface area contributed by atoms with Gasteiger partial charge in [-0.3, -0.25) is 9.36 Å². The third kappa shape index (κ3) is 3.80. The van der Waals surface area contributed by atoms with Gasteiger partial charge in [-0.05, 0) is 12.1 Å². The van der Waals surface area contributed by atoms with Gasteiger partial charge in [0.05, 0.1) is 6.26 Å². The number of hydrogen-bond acceptors (Lipinski definition) is 5. The summed E-state index contributed by atoms with van der Waals surface area (Å²) in [6, 6.07) is 3.58. The highest BCUT2D eigenvalue weighted by atomic mass is 31.2. The molecule has 0 aliphatic rings. The number of rotatable bonds is 7. The molecule has 0 fully saturated rings. The molecule has 0 unspecified atom stereocenters. The molecule has 0 bridgehead atoms. The second-order valence-corrected chi connectivity index (χ2v) is 6.97. The van der Waals surface area contributed by atoms with Crippen LogP contribution < -0.4 is 0 Å². The van der Waals surface area contributed by atoms with Gasteiger partial charge in [0.15, 0.2) is 5.78 Å². The summed E-state index contributed by atoms with van der Waals surface area (Å²) < 4.78 is 26.7. The zero-order valence-corrected chi connectivity index (χ0v) is 12.0. The van der Waals surface area contributed by atoms with E-state index in [1.165, 1.54) is 14.2 Å². The molecule has 0 atom stereocenters. The molecule has 1 rings (SSSR count). The van der Waals surface area contributed by atoms with Gasteiger partial charge in [0.1, 0.15) is 11.9 Å². The van der Waals surface area contributed by atoms with Crippen molar-refractivity contribution in [2.75, 3.05) is 20.4 Å². The van der Waals surface area contributed by atoms with Crippen molar-refractivity contribution in [2.24, 2.45) is 5.41 Å². The van der Waals surface area contributed by atoms with Gasteiger partial charge in [-0.1, -0.05) is 13.8 Å². The summed E-state index contributed by atoms with van der Waals surface area (Å²) in [4.78, 5) is 12.2. The van der Waals surface area contributed by atoms with Gasteiger partial charge in [-0.15, -0.1) is 0 Å². The van der Waals surface area contributed by atoms with Crippen LogP contribution in [0.1, 0.15) is 19.6 Å². The van der Waals surface area contributed by atoms with E-state index in [4.69, 9.17) is 13.5 Å². The van der Waals surface area contributed by atoms with Gasteiger partial charge in [0, 0.05) is 26.1 Å². The van der Waals surface area contributed by atoms with Crippen LogP contribution in [0, 0.1) is 5.41 Å². The molecule has 0 aliphatic heterocycles. The molecule has 0 radical (unpaired) electrons. The van der Waals surface area contributed by atoms with Crippen LogP contribution in [0.25, 0.3) is 0 Å². The number of Topliss-reactive ketones (excluding diaryl/α,β-unsaturated/α-hetero) is 1. The van der Waals surface area contributed by atoms with E-state index in [1.54, 1.807) is 32.2 Å². The van der Waals surface area contributed by atoms with Crippen LogP contribution in [0.4, 0.5) is 0 Å². The van der Waals surface area contributed by atoms with E-state index in [1.807, 2.05) is 0 Å². The maximum atomic E-state index is 12.2. The van der Waals surface area contributed by atoms with Crippen molar-refractivity contribution < 1.29 is 22.8 Å². The van der Waals surface area contributed by atoms with Crippen LogP contribution >= 0.6 is 7.60 Å². The SMILES string of the molecule is COP(=O)(CC(=O)C(C)(C)Cc1ccco1)OC. The lowest BCUT2D eigenvalue weighted by molar-refractivity contribution is -0.124. The van der Waals surface area contributed by atoms with Gasteiger partial charge >= 0.3 is 7.60 Å².